The molecule has 1 aliphatic heterocycles. The Hall–Kier alpha value is -0.570. The normalized spacial score (nSPS) is 42.5. The maximum atomic E-state index is 11.2. The molecule has 1 rings (SSSR count). The van der Waals surface area contributed by atoms with Gasteiger partial charge in [-0.3, -0.25) is 4.79 Å². The van der Waals surface area contributed by atoms with Crippen LogP contribution < -0.4 is 0 Å². The molecule has 1 saturated heterocycles. The van der Waals surface area contributed by atoms with Crippen molar-refractivity contribution in [3.05, 3.63) is 0 Å². The number of carbonyl (C=O) groups excluding carboxylic acids is 1. The van der Waals surface area contributed by atoms with Crippen molar-refractivity contribution in [1.29, 1.82) is 0 Å². The third-order valence-corrected chi connectivity index (χ3v) is 3.02. The van der Waals surface area contributed by atoms with Crippen molar-refractivity contribution in [1.82, 2.24) is 0 Å². The van der Waals surface area contributed by atoms with Crippen molar-refractivity contribution in [3.8, 4) is 0 Å². The molecule has 4 atom stereocenters. The zero-order valence-corrected chi connectivity index (χ0v) is 7.78. The Morgan fingerprint density at radius 1 is 1.33 bits per heavy atom. The van der Waals surface area contributed by atoms with Gasteiger partial charge in [-0.1, -0.05) is 20.8 Å². The van der Waals surface area contributed by atoms with Crippen molar-refractivity contribution in [2.45, 2.75) is 26.9 Å². The van der Waals surface area contributed by atoms with E-state index in [1.807, 2.05) is 20.8 Å². The Bertz CT molecular complexity index is 177. The number of cyclic esters (lactones) is 1. The van der Waals surface area contributed by atoms with Crippen molar-refractivity contribution >= 4 is 5.97 Å². The number of ether oxygens (including phenoxy) is 1. The zero-order valence-electron chi connectivity index (χ0n) is 7.78. The van der Waals surface area contributed by atoms with E-state index in [1.165, 1.54) is 0 Å². The number of rotatable bonds is 1. The van der Waals surface area contributed by atoms with Crippen LogP contribution in [0.2, 0.25) is 0 Å². The van der Waals surface area contributed by atoms with Gasteiger partial charge in [-0.05, 0) is 11.8 Å². The molecule has 0 saturated carbocycles. The van der Waals surface area contributed by atoms with E-state index in [9.17, 15) is 4.79 Å². The topological polar surface area (TPSA) is 46.5 Å². The largest absolute Gasteiger partial charge is 0.459 e. The lowest BCUT2D eigenvalue weighted by molar-refractivity contribution is -0.173. The highest BCUT2D eigenvalue weighted by molar-refractivity contribution is 5.73. The van der Waals surface area contributed by atoms with Gasteiger partial charge in [0.1, 0.15) is 6.10 Å². The van der Waals surface area contributed by atoms with Gasteiger partial charge in [-0.15, -0.1) is 0 Å². The summed E-state index contributed by atoms with van der Waals surface area (Å²) in [5, 5.41) is 8.91. The standard InChI is InChI=1S/C9H16O3/c1-5-6(2)8(4-10)12-9(11)7(5)3/h5-8,10H,4H2,1-3H3/t5-,6-,7+,8+/m1/s1. The summed E-state index contributed by atoms with van der Waals surface area (Å²) in [6.45, 7) is 5.84. The molecule has 0 aromatic heterocycles. The maximum absolute atomic E-state index is 11.2. The van der Waals surface area contributed by atoms with E-state index in [4.69, 9.17) is 9.84 Å². The Morgan fingerprint density at radius 2 is 1.92 bits per heavy atom. The lowest BCUT2D eigenvalue weighted by atomic mass is 9.80. The smallest absolute Gasteiger partial charge is 0.309 e. The van der Waals surface area contributed by atoms with Crippen molar-refractivity contribution in [2.75, 3.05) is 6.61 Å². The van der Waals surface area contributed by atoms with Crippen LogP contribution in [-0.4, -0.2) is 23.8 Å². The predicted molar refractivity (Wildman–Crippen MR) is 44.5 cm³/mol. The fraction of sp³-hybridized carbons (Fsp3) is 0.889. The van der Waals surface area contributed by atoms with E-state index in [-0.39, 0.29) is 30.5 Å². The molecule has 0 aliphatic carbocycles. The summed E-state index contributed by atoms with van der Waals surface area (Å²) in [6, 6.07) is 0. The maximum Gasteiger partial charge on any atom is 0.309 e. The molecular weight excluding hydrogens is 156 g/mol. The molecule has 0 bridgehead atoms. The zero-order chi connectivity index (χ0) is 9.30. The van der Waals surface area contributed by atoms with E-state index in [2.05, 4.69) is 0 Å². The Labute approximate surface area is 72.7 Å². The quantitative estimate of drug-likeness (QED) is 0.595. The van der Waals surface area contributed by atoms with Gasteiger partial charge in [0.05, 0.1) is 12.5 Å². The number of carbonyl (C=O) groups is 1. The van der Waals surface area contributed by atoms with Crippen LogP contribution in [0.5, 0.6) is 0 Å². The molecule has 1 aliphatic rings. The molecular formula is C9H16O3. The van der Waals surface area contributed by atoms with Crippen LogP contribution in [0, 0.1) is 17.8 Å². The number of hydrogen-bond acceptors (Lipinski definition) is 3. The summed E-state index contributed by atoms with van der Waals surface area (Å²) < 4.78 is 5.04. The Morgan fingerprint density at radius 3 is 2.42 bits per heavy atom. The molecule has 0 amide bonds. The van der Waals surface area contributed by atoms with E-state index in [1.54, 1.807) is 0 Å². The number of aliphatic hydroxyl groups is 1. The average molecular weight is 172 g/mol. The molecule has 0 spiro atoms. The van der Waals surface area contributed by atoms with Gasteiger partial charge in [0.2, 0.25) is 0 Å². The summed E-state index contributed by atoms with van der Waals surface area (Å²) in [4.78, 5) is 11.2. The van der Waals surface area contributed by atoms with Crippen LogP contribution >= 0.6 is 0 Å². The van der Waals surface area contributed by atoms with E-state index in [0.29, 0.717) is 5.92 Å². The van der Waals surface area contributed by atoms with Crippen LogP contribution in [-0.2, 0) is 9.53 Å². The summed E-state index contributed by atoms with van der Waals surface area (Å²) in [5.41, 5.74) is 0. The van der Waals surface area contributed by atoms with Crippen LogP contribution in [0.4, 0.5) is 0 Å². The van der Waals surface area contributed by atoms with Crippen molar-refractivity contribution < 1.29 is 14.6 Å². The van der Waals surface area contributed by atoms with Crippen molar-refractivity contribution in [2.24, 2.45) is 17.8 Å². The van der Waals surface area contributed by atoms with Gasteiger partial charge >= 0.3 is 5.97 Å². The van der Waals surface area contributed by atoms with Gasteiger partial charge in [-0.2, -0.15) is 0 Å². The predicted octanol–water partition coefficient (Wildman–Crippen LogP) is 0.812. The summed E-state index contributed by atoms with van der Waals surface area (Å²) in [7, 11) is 0. The highest BCUT2D eigenvalue weighted by Gasteiger charge is 2.38. The first kappa shape index (κ1) is 9.52. The first-order valence-corrected chi connectivity index (χ1v) is 4.39. The molecule has 12 heavy (non-hydrogen) atoms. The van der Waals surface area contributed by atoms with Crippen LogP contribution in [0.25, 0.3) is 0 Å². The average Bonchev–Trinajstić information content (AvgIpc) is 2.08. The van der Waals surface area contributed by atoms with Gasteiger partial charge in [0.15, 0.2) is 0 Å². The third kappa shape index (κ3) is 1.46. The molecule has 3 heteroatoms. The minimum absolute atomic E-state index is 0.0391. The van der Waals surface area contributed by atoms with Gasteiger partial charge in [-0.25, -0.2) is 0 Å². The molecule has 0 radical (unpaired) electrons. The molecule has 3 nitrogen and oxygen atoms in total. The van der Waals surface area contributed by atoms with Crippen molar-refractivity contribution in [3.63, 3.8) is 0 Å². The second-order valence-corrected chi connectivity index (χ2v) is 3.66. The summed E-state index contributed by atoms with van der Waals surface area (Å²) >= 11 is 0. The SMILES string of the molecule is C[C@@H]1[C@@H](C)[C@H](C)C(=O)O[C@H]1CO. The number of hydrogen-bond donors (Lipinski definition) is 1. The van der Waals surface area contributed by atoms with Crippen LogP contribution in [0.15, 0.2) is 0 Å². The Kier molecular flexibility index (Phi) is 2.73. The number of aliphatic hydroxyl groups excluding tert-OH is 1. The highest BCUT2D eigenvalue weighted by atomic mass is 16.6. The molecule has 1 fully saturated rings. The summed E-state index contributed by atoms with van der Waals surface area (Å²) in [5.74, 6) is 0.327. The van der Waals surface area contributed by atoms with Gasteiger partial charge in [0, 0.05) is 0 Å². The fourth-order valence-electron chi connectivity index (χ4n) is 1.58. The fourth-order valence-corrected chi connectivity index (χ4v) is 1.58. The second kappa shape index (κ2) is 3.44. The first-order valence-electron chi connectivity index (χ1n) is 4.39. The van der Waals surface area contributed by atoms with Crippen LogP contribution in [0.3, 0.4) is 0 Å². The van der Waals surface area contributed by atoms with E-state index >= 15 is 0 Å². The molecule has 70 valence electrons. The molecule has 0 unspecified atom stereocenters. The third-order valence-electron chi connectivity index (χ3n) is 3.02. The molecule has 0 aromatic rings. The summed E-state index contributed by atoms with van der Waals surface area (Å²) in [6.07, 6.45) is -0.302. The van der Waals surface area contributed by atoms with Crippen LogP contribution in [0.1, 0.15) is 20.8 Å². The molecule has 1 N–H and O–H groups in total. The van der Waals surface area contributed by atoms with E-state index < -0.39 is 0 Å². The monoisotopic (exact) mass is 172 g/mol. The molecule has 0 aromatic carbocycles. The Balaban J connectivity index is 2.70. The lowest BCUT2D eigenvalue weighted by Gasteiger charge is -2.36. The lowest BCUT2D eigenvalue weighted by Crippen LogP contribution is -2.43. The number of esters is 1. The minimum Gasteiger partial charge on any atom is -0.459 e. The second-order valence-electron chi connectivity index (χ2n) is 3.66. The first-order chi connectivity index (χ1) is 5.57. The minimum atomic E-state index is -0.302. The highest BCUT2D eigenvalue weighted by Crippen LogP contribution is 2.31. The van der Waals surface area contributed by atoms with Gasteiger partial charge in [0.25, 0.3) is 0 Å². The van der Waals surface area contributed by atoms with E-state index in [0.717, 1.165) is 0 Å². The van der Waals surface area contributed by atoms with Gasteiger partial charge < -0.3 is 9.84 Å². The molecule has 1 heterocycles.